The summed E-state index contributed by atoms with van der Waals surface area (Å²) >= 11 is 1.49. The first-order valence-corrected chi connectivity index (χ1v) is 13.3. The topological polar surface area (TPSA) is 112 Å². The number of amides is 1. The van der Waals surface area contributed by atoms with E-state index in [1.54, 1.807) is 16.6 Å². The molecule has 0 spiro atoms. The molecule has 2 unspecified atom stereocenters. The van der Waals surface area contributed by atoms with Gasteiger partial charge >= 0.3 is 6.09 Å². The normalized spacial score (nSPS) is 22.3. The summed E-state index contributed by atoms with van der Waals surface area (Å²) in [5, 5.41) is 11.9. The largest absolute Gasteiger partial charge is 0.465 e. The maximum Gasteiger partial charge on any atom is 0.404 e. The standard InChI is InChI=1S/C22H28N4O5S2/c27-22(28)24-14-17-6-7-23-21(12-17)32-16-20-13-19(18-4-2-1-3-5-18)15-26(20)33(29,30)25-8-10-31-11-9-25/h1-7,12,19-20,24H,8-11,13-16H2,(H,27,28). The van der Waals surface area contributed by atoms with E-state index in [2.05, 4.69) is 22.4 Å². The predicted octanol–water partition coefficient (Wildman–Crippen LogP) is 2.38. The van der Waals surface area contributed by atoms with Crippen molar-refractivity contribution < 1.29 is 23.1 Å². The maximum atomic E-state index is 13.5. The Morgan fingerprint density at radius 1 is 1.21 bits per heavy atom. The lowest BCUT2D eigenvalue weighted by atomic mass is 9.97. The number of hydrogen-bond donors (Lipinski definition) is 2. The average Bonchev–Trinajstić information content (AvgIpc) is 3.28. The number of thioether (sulfide) groups is 1. The van der Waals surface area contributed by atoms with Crippen molar-refractivity contribution in [3.8, 4) is 0 Å². The first-order valence-electron chi connectivity index (χ1n) is 10.9. The molecule has 2 aromatic rings. The Morgan fingerprint density at radius 3 is 2.70 bits per heavy atom. The van der Waals surface area contributed by atoms with E-state index < -0.39 is 16.3 Å². The Kier molecular flexibility index (Phi) is 7.86. The van der Waals surface area contributed by atoms with Crippen LogP contribution in [0.4, 0.5) is 4.79 Å². The molecule has 1 amide bonds. The molecule has 1 aromatic carbocycles. The molecule has 2 fully saturated rings. The van der Waals surface area contributed by atoms with Gasteiger partial charge in [0.15, 0.2) is 0 Å². The summed E-state index contributed by atoms with van der Waals surface area (Å²) in [4.78, 5) is 15.1. The molecule has 3 heterocycles. The monoisotopic (exact) mass is 492 g/mol. The Balaban J connectivity index is 1.50. The lowest BCUT2D eigenvalue weighted by molar-refractivity contribution is 0.0700. The van der Waals surface area contributed by atoms with E-state index in [1.807, 2.05) is 24.3 Å². The number of carbonyl (C=O) groups is 1. The Hall–Kier alpha value is -2.18. The molecule has 0 saturated carbocycles. The van der Waals surface area contributed by atoms with Crippen LogP contribution < -0.4 is 5.32 Å². The highest BCUT2D eigenvalue weighted by Crippen LogP contribution is 2.37. The molecule has 1 aromatic heterocycles. The lowest BCUT2D eigenvalue weighted by Gasteiger charge is -2.32. The number of hydrogen-bond acceptors (Lipinski definition) is 6. The van der Waals surface area contributed by atoms with Gasteiger partial charge in [0, 0.05) is 44.2 Å². The Labute approximate surface area is 198 Å². The summed E-state index contributed by atoms with van der Waals surface area (Å²) in [5.74, 6) is 0.696. The highest BCUT2D eigenvalue weighted by Gasteiger charge is 2.42. The fraction of sp³-hybridized carbons (Fsp3) is 0.455. The third-order valence-corrected chi connectivity index (χ3v) is 9.02. The molecule has 2 saturated heterocycles. The molecule has 2 aliphatic rings. The molecular weight excluding hydrogens is 464 g/mol. The van der Waals surface area contributed by atoms with Gasteiger partial charge in [-0.05, 0) is 35.6 Å². The van der Waals surface area contributed by atoms with E-state index in [-0.39, 0.29) is 18.5 Å². The Morgan fingerprint density at radius 2 is 1.97 bits per heavy atom. The molecule has 0 aliphatic carbocycles. The van der Waals surface area contributed by atoms with Crippen LogP contribution in [0, 0.1) is 0 Å². The van der Waals surface area contributed by atoms with Crippen molar-refractivity contribution in [2.45, 2.75) is 30.0 Å². The quantitative estimate of drug-likeness (QED) is 0.544. The molecule has 11 heteroatoms. The van der Waals surface area contributed by atoms with Crippen molar-refractivity contribution in [2.24, 2.45) is 0 Å². The van der Waals surface area contributed by atoms with E-state index in [9.17, 15) is 13.2 Å². The molecular formula is C22H28N4O5S2. The van der Waals surface area contributed by atoms with Crippen molar-refractivity contribution in [3.05, 3.63) is 59.8 Å². The number of morpholine rings is 1. The molecule has 2 atom stereocenters. The molecule has 178 valence electrons. The molecule has 2 N–H and O–H groups in total. The summed E-state index contributed by atoms with van der Waals surface area (Å²) in [6.45, 7) is 2.21. The number of benzene rings is 1. The minimum atomic E-state index is -3.60. The number of aromatic nitrogens is 1. The molecule has 9 nitrogen and oxygen atoms in total. The van der Waals surface area contributed by atoms with Crippen LogP contribution in [0.3, 0.4) is 0 Å². The van der Waals surface area contributed by atoms with Crippen LogP contribution in [0.1, 0.15) is 23.5 Å². The minimum Gasteiger partial charge on any atom is -0.465 e. The van der Waals surface area contributed by atoms with Crippen molar-refractivity contribution in [3.63, 3.8) is 0 Å². The fourth-order valence-electron chi connectivity index (χ4n) is 4.21. The van der Waals surface area contributed by atoms with Gasteiger partial charge in [0.1, 0.15) is 0 Å². The fourth-order valence-corrected chi connectivity index (χ4v) is 7.17. The number of nitrogens with zero attached hydrogens (tertiary/aromatic N) is 3. The second kappa shape index (κ2) is 10.8. The van der Waals surface area contributed by atoms with Crippen LogP contribution in [-0.2, 0) is 21.5 Å². The number of nitrogens with one attached hydrogen (secondary N) is 1. The van der Waals surface area contributed by atoms with E-state index >= 15 is 0 Å². The molecule has 0 bridgehead atoms. The van der Waals surface area contributed by atoms with Crippen LogP contribution in [0.2, 0.25) is 0 Å². The van der Waals surface area contributed by atoms with E-state index in [4.69, 9.17) is 9.84 Å². The van der Waals surface area contributed by atoms with Gasteiger partial charge in [0.25, 0.3) is 10.2 Å². The third-order valence-electron chi connectivity index (χ3n) is 5.89. The van der Waals surface area contributed by atoms with Gasteiger partial charge in [-0.2, -0.15) is 17.0 Å². The highest BCUT2D eigenvalue weighted by molar-refractivity contribution is 7.99. The molecule has 33 heavy (non-hydrogen) atoms. The maximum absolute atomic E-state index is 13.5. The molecule has 2 aliphatic heterocycles. The second-order valence-corrected chi connectivity index (χ2v) is 11.0. The summed E-state index contributed by atoms with van der Waals surface area (Å²) in [5.41, 5.74) is 1.95. The van der Waals surface area contributed by atoms with Crippen molar-refractivity contribution >= 4 is 28.1 Å². The average molecular weight is 493 g/mol. The highest BCUT2D eigenvalue weighted by atomic mass is 32.2. The number of rotatable bonds is 8. The molecule has 4 rings (SSSR count). The van der Waals surface area contributed by atoms with Crippen molar-refractivity contribution in [1.82, 2.24) is 18.9 Å². The molecule has 0 radical (unpaired) electrons. The van der Waals surface area contributed by atoms with Gasteiger partial charge in [-0.3, -0.25) is 0 Å². The first-order chi connectivity index (χ1) is 15.9. The van der Waals surface area contributed by atoms with Crippen LogP contribution in [0.25, 0.3) is 0 Å². The van der Waals surface area contributed by atoms with E-state index in [0.717, 1.165) is 22.6 Å². The van der Waals surface area contributed by atoms with Gasteiger partial charge in [-0.25, -0.2) is 9.78 Å². The van der Waals surface area contributed by atoms with Crippen molar-refractivity contribution in [1.29, 1.82) is 0 Å². The van der Waals surface area contributed by atoms with Crippen LogP contribution in [0.15, 0.2) is 53.7 Å². The zero-order valence-electron chi connectivity index (χ0n) is 18.2. The van der Waals surface area contributed by atoms with Crippen LogP contribution in [0.5, 0.6) is 0 Å². The van der Waals surface area contributed by atoms with Gasteiger partial charge in [0.05, 0.1) is 18.2 Å². The SMILES string of the molecule is O=C(O)NCc1ccnc(SCC2CC(c3ccccc3)CN2S(=O)(=O)N2CCOCC2)c1. The van der Waals surface area contributed by atoms with Gasteiger partial charge in [-0.1, -0.05) is 30.3 Å². The van der Waals surface area contributed by atoms with E-state index in [0.29, 0.717) is 38.6 Å². The summed E-state index contributed by atoms with van der Waals surface area (Å²) in [6, 6.07) is 13.5. The minimum absolute atomic E-state index is 0.131. The zero-order valence-corrected chi connectivity index (χ0v) is 19.8. The van der Waals surface area contributed by atoms with Gasteiger partial charge < -0.3 is 15.2 Å². The number of carboxylic acid groups (broad SMARTS) is 1. The van der Waals surface area contributed by atoms with Gasteiger partial charge in [-0.15, -0.1) is 11.8 Å². The first kappa shape index (κ1) is 24.0. The summed E-state index contributed by atoms with van der Waals surface area (Å²) in [6.07, 6.45) is 1.30. The third kappa shape index (κ3) is 6.04. The summed E-state index contributed by atoms with van der Waals surface area (Å²) in [7, 11) is -3.60. The smallest absolute Gasteiger partial charge is 0.404 e. The zero-order chi connectivity index (χ0) is 23.3. The number of pyridine rings is 1. The van der Waals surface area contributed by atoms with Crippen LogP contribution in [-0.4, -0.2) is 77.9 Å². The number of ether oxygens (including phenoxy) is 1. The van der Waals surface area contributed by atoms with E-state index in [1.165, 1.54) is 16.1 Å². The summed E-state index contributed by atoms with van der Waals surface area (Å²) < 4.78 is 35.5. The predicted molar refractivity (Wildman–Crippen MR) is 125 cm³/mol. The van der Waals surface area contributed by atoms with Crippen molar-refractivity contribution in [2.75, 3.05) is 38.6 Å². The van der Waals surface area contributed by atoms with Gasteiger partial charge in [0.2, 0.25) is 0 Å². The van der Waals surface area contributed by atoms with Crippen LogP contribution >= 0.6 is 11.8 Å². The second-order valence-electron chi connectivity index (χ2n) is 8.06. The Bertz CT molecular complexity index is 1050. The lowest BCUT2D eigenvalue weighted by Crippen LogP contribution is -2.50.